The third kappa shape index (κ3) is 3.30. The molecule has 110 valence electrons. The Morgan fingerprint density at radius 2 is 1.79 bits per heavy atom. The zero-order valence-electron chi connectivity index (χ0n) is 12.6. The average molecular weight is 266 g/mol. The molecule has 1 atom stereocenters. The molecule has 3 heterocycles. The van der Waals surface area contributed by atoms with E-state index in [0.717, 1.165) is 18.0 Å². The molecule has 0 aromatic heterocycles. The van der Waals surface area contributed by atoms with Crippen LogP contribution >= 0.6 is 0 Å². The highest BCUT2D eigenvalue weighted by molar-refractivity contribution is 4.91. The second-order valence-corrected chi connectivity index (χ2v) is 6.91. The van der Waals surface area contributed by atoms with Crippen LogP contribution in [0.4, 0.5) is 0 Å². The van der Waals surface area contributed by atoms with Gasteiger partial charge in [0.1, 0.15) is 0 Å². The summed E-state index contributed by atoms with van der Waals surface area (Å²) in [5.41, 5.74) is 0. The molecule has 3 rings (SSSR count). The van der Waals surface area contributed by atoms with Crippen LogP contribution in [0.3, 0.4) is 0 Å². The number of likely N-dealkylation sites (N-methyl/N-ethyl adjacent to an activating group) is 1. The summed E-state index contributed by atoms with van der Waals surface area (Å²) >= 11 is 0. The van der Waals surface area contributed by atoms with Gasteiger partial charge in [0.25, 0.3) is 0 Å². The first kappa shape index (κ1) is 13.8. The van der Waals surface area contributed by atoms with Crippen LogP contribution in [0.1, 0.15) is 19.8 Å². The number of likely N-dealkylation sites (tertiary alicyclic amines) is 1. The molecule has 0 aliphatic carbocycles. The lowest BCUT2D eigenvalue weighted by molar-refractivity contribution is -0.00822. The van der Waals surface area contributed by atoms with Gasteiger partial charge in [-0.3, -0.25) is 9.80 Å². The standard InChI is InChI=1S/C15H30N4/c1-13-9-19(15-11-17(2)12-15)8-7-18(13)10-14-3-5-16-6-4-14/h13-16H,3-12H2,1-2H3. The van der Waals surface area contributed by atoms with Crippen LogP contribution in [-0.2, 0) is 0 Å². The van der Waals surface area contributed by atoms with Crippen molar-refractivity contribution in [2.75, 3.05) is 59.4 Å². The Labute approximate surface area is 118 Å². The predicted octanol–water partition coefficient (Wildman–Crippen LogP) is 0.306. The van der Waals surface area contributed by atoms with Crippen molar-refractivity contribution < 1.29 is 0 Å². The summed E-state index contributed by atoms with van der Waals surface area (Å²) in [6.45, 7) is 12.6. The minimum Gasteiger partial charge on any atom is -0.317 e. The maximum atomic E-state index is 3.47. The van der Waals surface area contributed by atoms with E-state index in [1.807, 2.05) is 0 Å². The zero-order chi connectivity index (χ0) is 13.2. The summed E-state index contributed by atoms with van der Waals surface area (Å²) in [5, 5.41) is 3.47. The Kier molecular flexibility index (Phi) is 4.42. The maximum absolute atomic E-state index is 3.47. The molecule has 3 aliphatic heterocycles. The van der Waals surface area contributed by atoms with Crippen molar-refractivity contribution in [2.24, 2.45) is 5.92 Å². The third-order valence-electron chi connectivity index (χ3n) is 5.31. The van der Waals surface area contributed by atoms with Crippen LogP contribution in [0.15, 0.2) is 0 Å². The molecule has 3 saturated heterocycles. The third-order valence-corrected chi connectivity index (χ3v) is 5.31. The lowest BCUT2D eigenvalue weighted by Crippen LogP contribution is -2.64. The number of hydrogen-bond donors (Lipinski definition) is 1. The summed E-state index contributed by atoms with van der Waals surface area (Å²) in [7, 11) is 2.23. The highest BCUT2D eigenvalue weighted by Crippen LogP contribution is 2.21. The van der Waals surface area contributed by atoms with Crippen molar-refractivity contribution in [2.45, 2.75) is 31.8 Å². The van der Waals surface area contributed by atoms with E-state index < -0.39 is 0 Å². The summed E-state index contributed by atoms with van der Waals surface area (Å²) in [6, 6.07) is 1.59. The molecule has 0 aromatic carbocycles. The topological polar surface area (TPSA) is 21.8 Å². The minimum absolute atomic E-state index is 0.745. The molecule has 0 spiro atoms. The molecule has 4 nitrogen and oxygen atoms in total. The average Bonchev–Trinajstić information content (AvgIpc) is 2.39. The van der Waals surface area contributed by atoms with Gasteiger partial charge in [-0.15, -0.1) is 0 Å². The Morgan fingerprint density at radius 3 is 2.42 bits per heavy atom. The summed E-state index contributed by atoms with van der Waals surface area (Å²) < 4.78 is 0. The van der Waals surface area contributed by atoms with Gasteiger partial charge in [0.2, 0.25) is 0 Å². The fourth-order valence-electron chi connectivity index (χ4n) is 3.92. The van der Waals surface area contributed by atoms with E-state index in [9.17, 15) is 0 Å². The van der Waals surface area contributed by atoms with Crippen molar-refractivity contribution in [1.29, 1.82) is 0 Å². The second kappa shape index (κ2) is 6.08. The van der Waals surface area contributed by atoms with Gasteiger partial charge >= 0.3 is 0 Å². The normalized spacial score (nSPS) is 33.5. The highest BCUT2D eigenvalue weighted by atomic mass is 15.3. The van der Waals surface area contributed by atoms with Crippen molar-refractivity contribution in [3.05, 3.63) is 0 Å². The van der Waals surface area contributed by atoms with E-state index in [4.69, 9.17) is 0 Å². The van der Waals surface area contributed by atoms with Gasteiger partial charge in [-0.1, -0.05) is 0 Å². The van der Waals surface area contributed by atoms with Gasteiger partial charge < -0.3 is 10.2 Å². The van der Waals surface area contributed by atoms with Crippen LogP contribution in [0.5, 0.6) is 0 Å². The Morgan fingerprint density at radius 1 is 1.05 bits per heavy atom. The van der Waals surface area contributed by atoms with Gasteiger partial charge in [0, 0.05) is 51.4 Å². The first-order valence-electron chi connectivity index (χ1n) is 8.09. The SMILES string of the molecule is CC1CN(C2CN(C)C2)CCN1CC1CCNCC1. The van der Waals surface area contributed by atoms with E-state index in [1.165, 1.54) is 65.2 Å². The van der Waals surface area contributed by atoms with Gasteiger partial charge in [-0.2, -0.15) is 0 Å². The quantitative estimate of drug-likeness (QED) is 0.793. The molecular formula is C15H30N4. The van der Waals surface area contributed by atoms with Crippen LogP contribution in [0.25, 0.3) is 0 Å². The van der Waals surface area contributed by atoms with E-state index >= 15 is 0 Å². The molecule has 4 heteroatoms. The fraction of sp³-hybridized carbons (Fsp3) is 1.00. The molecule has 0 radical (unpaired) electrons. The van der Waals surface area contributed by atoms with Crippen LogP contribution in [0, 0.1) is 5.92 Å². The zero-order valence-corrected chi connectivity index (χ0v) is 12.6. The molecule has 0 amide bonds. The van der Waals surface area contributed by atoms with E-state index in [2.05, 4.69) is 34.0 Å². The number of nitrogens with one attached hydrogen (secondary N) is 1. The second-order valence-electron chi connectivity index (χ2n) is 6.91. The van der Waals surface area contributed by atoms with Crippen molar-refractivity contribution in [3.63, 3.8) is 0 Å². The number of piperazine rings is 1. The number of rotatable bonds is 3. The van der Waals surface area contributed by atoms with E-state index in [-0.39, 0.29) is 0 Å². The monoisotopic (exact) mass is 266 g/mol. The van der Waals surface area contributed by atoms with Gasteiger partial charge in [-0.05, 0) is 45.8 Å². The number of nitrogens with zero attached hydrogens (tertiary/aromatic N) is 3. The smallest absolute Gasteiger partial charge is 0.0351 e. The number of piperidine rings is 1. The molecule has 1 N–H and O–H groups in total. The first-order chi connectivity index (χ1) is 9.22. The molecule has 1 unspecified atom stereocenters. The lowest BCUT2D eigenvalue weighted by atomic mass is 9.96. The predicted molar refractivity (Wildman–Crippen MR) is 79.5 cm³/mol. The van der Waals surface area contributed by atoms with Crippen molar-refractivity contribution in [1.82, 2.24) is 20.0 Å². The highest BCUT2D eigenvalue weighted by Gasteiger charge is 2.34. The van der Waals surface area contributed by atoms with Crippen LogP contribution < -0.4 is 5.32 Å². The summed E-state index contributed by atoms with van der Waals surface area (Å²) in [5.74, 6) is 0.935. The van der Waals surface area contributed by atoms with E-state index in [0.29, 0.717) is 0 Å². The fourth-order valence-corrected chi connectivity index (χ4v) is 3.92. The van der Waals surface area contributed by atoms with Crippen molar-refractivity contribution >= 4 is 0 Å². The number of hydrogen-bond acceptors (Lipinski definition) is 4. The van der Waals surface area contributed by atoms with Crippen LogP contribution in [-0.4, -0.2) is 86.2 Å². The molecule has 0 aromatic rings. The van der Waals surface area contributed by atoms with Gasteiger partial charge in [0.15, 0.2) is 0 Å². The summed E-state index contributed by atoms with van der Waals surface area (Å²) in [6.07, 6.45) is 2.75. The summed E-state index contributed by atoms with van der Waals surface area (Å²) in [4.78, 5) is 7.90. The van der Waals surface area contributed by atoms with Gasteiger partial charge in [-0.25, -0.2) is 0 Å². The molecule has 0 bridgehead atoms. The molecule has 19 heavy (non-hydrogen) atoms. The van der Waals surface area contributed by atoms with Crippen LogP contribution in [0.2, 0.25) is 0 Å². The van der Waals surface area contributed by atoms with Crippen molar-refractivity contribution in [3.8, 4) is 0 Å². The molecule has 3 aliphatic rings. The Balaban J connectivity index is 1.44. The Hall–Kier alpha value is -0.160. The lowest BCUT2D eigenvalue weighted by Gasteiger charge is -2.49. The minimum atomic E-state index is 0.745. The molecule has 0 saturated carbocycles. The maximum Gasteiger partial charge on any atom is 0.0351 e. The molecule has 3 fully saturated rings. The van der Waals surface area contributed by atoms with E-state index in [1.54, 1.807) is 0 Å². The van der Waals surface area contributed by atoms with Gasteiger partial charge in [0.05, 0.1) is 0 Å². The largest absolute Gasteiger partial charge is 0.317 e. The molecular weight excluding hydrogens is 236 g/mol. The Bertz CT molecular complexity index is 284. The first-order valence-corrected chi connectivity index (χ1v) is 8.09.